The third-order valence-corrected chi connectivity index (χ3v) is 5.00. The second-order valence-electron chi connectivity index (χ2n) is 6.99. The Balaban J connectivity index is 1.78. The lowest BCUT2D eigenvalue weighted by molar-refractivity contribution is 0.178. The van der Waals surface area contributed by atoms with Crippen LogP contribution < -0.4 is 9.80 Å². The molecule has 1 heterocycles. The number of anilines is 2. The maximum absolute atomic E-state index is 12.6. The quantitative estimate of drug-likeness (QED) is 0.537. The highest BCUT2D eigenvalue weighted by Crippen LogP contribution is 2.33. The number of aromatic nitrogens is 1. The van der Waals surface area contributed by atoms with Gasteiger partial charge in [-0.1, -0.05) is 42.5 Å². The number of carbonyl (C=O) groups excluding carboxylic acids is 1. The molecule has 0 aliphatic carbocycles. The molecule has 3 aromatic carbocycles. The zero-order valence-electron chi connectivity index (χ0n) is 16.3. The highest BCUT2D eigenvalue weighted by molar-refractivity contribution is 6.13. The number of benzene rings is 3. The van der Waals surface area contributed by atoms with Crippen LogP contribution in [-0.2, 0) is 11.3 Å². The number of fused-ring (bicyclic) bond motifs is 3. The minimum Gasteiger partial charge on any atom is -0.452 e. The van der Waals surface area contributed by atoms with Gasteiger partial charge >= 0.3 is 6.09 Å². The molecule has 0 saturated heterocycles. The Kier molecular flexibility index (Phi) is 4.65. The summed E-state index contributed by atoms with van der Waals surface area (Å²) in [7, 11) is 5.43. The number of amides is 1. The second-order valence-corrected chi connectivity index (χ2v) is 6.99. The van der Waals surface area contributed by atoms with Crippen molar-refractivity contribution in [3.8, 4) is 0 Å². The highest BCUT2D eigenvalue weighted by Gasteiger charge is 2.20. The molecule has 0 aliphatic rings. The van der Waals surface area contributed by atoms with Crippen LogP contribution in [0.15, 0.2) is 66.7 Å². The van der Waals surface area contributed by atoms with Crippen LogP contribution in [0.1, 0.15) is 5.56 Å². The largest absolute Gasteiger partial charge is 0.452 e. The first-order valence-electron chi connectivity index (χ1n) is 9.19. The van der Waals surface area contributed by atoms with Crippen molar-refractivity contribution in [2.75, 3.05) is 31.0 Å². The van der Waals surface area contributed by atoms with Gasteiger partial charge in [0, 0.05) is 36.1 Å². The monoisotopic (exact) mass is 373 g/mol. The molecular formula is C23H23N3O2. The summed E-state index contributed by atoms with van der Waals surface area (Å²) >= 11 is 0. The van der Waals surface area contributed by atoms with Gasteiger partial charge in [0.05, 0.1) is 24.9 Å². The zero-order valence-corrected chi connectivity index (χ0v) is 16.3. The maximum atomic E-state index is 12.6. The van der Waals surface area contributed by atoms with Gasteiger partial charge < -0.3 is 14.6 Å². The lowest BCUT2D eigenvalue weighted by Crippen LogP contribution is -2.30. The lowest BCUT2D eigenvalue weighted by atomic mass is 10.1. The molecule has 4 rings (SSSR count). The fraction of sp³-hybridized carbons (Fsp3) is 0.174. The molecule has 0 bridgehead atoms. The van der Waals surface area contributed by atoms with E-state index in [1.807, 2.05) is 73.6 Å². The second kappa shape index (κ2) is 7.27. The van der Waals surface area contributed by atoms with E-state index in [9.17, 15) is 4.79 Å². The Morgan fingerprint density at radius 2 is 1.64 bits per heavy atom. The number of methoxy groups -OCH3 is 1. The van der Waals surface area contributed by atoms with E-state index < -0.39 is 0 Å². The molecule has 1 N–H and O–H groups in total. The molecule has 0 fully saturated rings. The summed E-state index contributed by atoms with van der Waals surface area (Å²) < 4.78 is 5.09. The molecule has 0 spiro atoms. The number of hydrogen-bond acceptors (Lipinski definition) is 3. The van der Waals surface area contributed by atoms with Crippen LogP contribution in [0.25, 0.3) is 21.8 Å². The molecule has 0 unspecified atom stereocenters. The fourth-order valence-corrected chi connectivity index (χ4v) is 3.52. The van der Waals surface area contributed by atoms with E-state index in [1.165, 1.54) is 7.11 Å². The van der Waals surface area contributed by atoms with Gasteiger partial charge in [0.2, 0.25) is 0 Å². The van der Waals surface area contributed by atoms with Gasteiger partial charge in [0.1, 0.15) is 0 Å². The van der Waals surface area contributed by atoms with Crippen LogP contribution in [0, 0.1) is 0 Å². The molecule has 4 aromatic rings. The molecule has 0 aliphatic heterocycles. The number of H-pyrrole nitrogens is 1. The number of hydrogen-bond donors (Lipinski definition) is 1. The number of ether oxygens (including phenoxy) is 1. The SMILES string of the molecule is COC(=O)N(Cc1ccc(N(C)C)cc1)c1cccc2c1[nH]c1ccccc12. The summed E-state index contributed by atoms with van der Waals surface area (Å²) in [6.07, 6.45) is -0.386. The predicted octanol–water partition coefficient (Wildman–Crippen LogP) is 5.16. The minimum absolute atomic E-state index is 0.386. The van der Waals surface area contributed by atoms with Crippen LogP contribution >= 0.6 is 0 Å². The minimum atomic E-state index is -0.386. The van der Waals surface area contributed by atoms with Crippen LogP contribution in [-0.4, -0.2) is 32.3 Å². The summed E-state index contributed by atoms with van der Waals surface area (Å²) in [5, 5.41) is 2.23. The molecule has 28 heavy (non-hydrogen) atoms. The van der Waals surface area contributed by atoms with E-state index >= 15 is 0 Å². The third-order valence-electron chi connectivity index (χ3n) is 5.00. The van der Waals surface area contributed by atoms with Crippen LogP contribution in [0.2, 0.25) is 0 Å². The van der Waals surface area contributed by atoms with E-state index in [-0.39, 0.29) is 6.09 Å². The van der Waals surface area contributed by atoms with Crippen molar-refractivity contribution in [3.63, 3.8) is 0 Å². The van der Waals surface area contributed by atoms with Gasteiger partial charge in [-0.05, 0) is 29.8 Å². The van der Waals surface area contributed by atoms with Crippen molar-refractivity contribution in [3.05, 3.63) is 72.3 Å². The highest BCUT2D eigenvalue weighted by atomic mass is 16.5. The standard InChI is InChI=1S/C23H23N3O2/c1-25(2)17-13-11-16(12-14-17)15-26(23(27)28-3)21-10-6-8-19-18-7-4-5-9-20(18)24-22(19)21/h4-14,24H,15H2,1-3H3. The third kappa shape index (κ3) is 3.16. The summed E-state index contributed by atoms with van der Waals surface area (Å²) in [5.74, 6) is 0. The lowest BCUT2D eigenvalue weighted by Gasteiger charge is -2.22. The Morgan fingerprint density at radius 3 is 2.36 bits per heavy atom. The molecule has 1 aromatic heterocycles. The first-order valence-corrected chi connectivity index (χ1v) is 9.19. The fourth-order valence-electron chi connectivity index (χ4n) is 3.52. The molecule has 5 nitrogen and oxygen atoms in total. The van der Waals surface area contributed by atoms with Crippen LogP contribution in [0.5, 0.6) is 0 Å². The summed E-state index contributed by atoms with van der Waals surface area (Å²) in [4.78, 5) is 19.8. The van der Waals surface area contributed by atoms with Gasteiger partial charge in [0.15, 0.2) is 0 Å². The number of nitrogens with zero attached hydrogens (tertiary/aromatic N) is 2. The van der Waals surface area contributed by atoms with E-state index in [4.69, 9.17) is 4.74 Å². The normalized spacial score (nSPS) is 11.0. The van der Waals surface area contributed by atoms with Gasteiger partial charge in [0.25, 0.3) is 0 Å². The van der Waals surface area contributed by atoms with Crippen molar-refractivity contribution in [2.24, 2.45) is 0 Å². The van der Waals surface area contributed by atoms with E-state index in [0.29, 0.717) is 6.54 Å². The molecule has 0 atom stereocenters. The predicted molar refractivity (Wildman–Crippen MR) is 115 cm³/mol. The number of nitrogens with one attached hydrogen (secondary N) is 1. The number of rotatable bonds is 4. The van der Waals surface area contributed by atoms with E-state index in [2.05, 4.69) is 17.1 Å². The van der Waals surface area contributed by atoms with Gasteiger partial charge in [-0.15, -0.1) is 0 Å². The number of para-hydroxylation sites is 2. The summed E-state index contributed by atoms with van der Waals surface area (Å²) in [5.41, 5.74) is 4.93. The Bertz CT molecular complexity index is 1130. The van der Waals surface area contributed by atoms with E-state index in [1.54, 1.807) is 4.90 Å². The molecular weight excluding hydrogens is 350 g/mol. The first kappa shape index (κ1) is 17.9. The average molecular weight is 373 g/mol. The van der Waals surface area contributed by atoms with Gasteiger partial charge in [-0.2, -0.15) is 0 Å². The van der Waals surface area contributed by atoms with Crippen LogP contribution in [0.3, 0.4) is 0 Å². The van der Waals surface area contributed by atoms with Crippen molar-refractivity contribution < 1.29 is 9.53 Å². The van der Waals surface area contributed by atoms with Crippen molar-refractivity contribution >= 4 is 39.3 Å². The van der Waals surface area contributed by atoms with Crippen molar-refractivity contribution in [1.82, 2.24) is 4.98 Å². The smallest absolute Gasteiger partial charge is 0.414 e. The number of aromatic amines is 1. The Hall–Kier alpha value is -3.47. The topological polar surface area (TPSA) is 48.6 Å². The zero-order chi connectivity index (χ0) is 19.7. The van der Waals surface area contributed by atoms with Gasteiger partial charge in [-0.3, -0.25) is 4.90 Å². The average Bonchev–Trinajstić information content (AvgIpc) is 3.11. The molecule has 5 heteroatoms. The maximum Gasteiger partial charge on any atom is 0.414 e. The van der Waals surface area contributed by atoms with Crippen LogP contribution in [0.4, 0.5) is 16.2 Å². The van der Waals surface area contributed by atoms with Gasteiger partial charge in [-0.25, -0.2) is 4.79 Å². The number of carbonyl (C=O) groups is 1. The summed E-state index contributed by atoms with van der Waals surface area (Å²) in [6.45, 7) is 0.425. The Morgan fingerprint density at radius 1 is 0.929 bits per heavy atom. The van der Waals surface area contributed by atoms with Crippen molar-refractivity contribution in [1.29, 1.82) is 0 Å². The van der Waals surface area contributed by atoms with E-state index in [0.717, 1.165) is 38.7 Å². The first-order chi connectivity index (χ1) is 13.6. The van der Waals surface area contributed by atoms with Crippen molar-refractivity contribution in [2.45, 2.75) is 6.54 Å². The molecule has 1 amide bonds. The molecule has 142 valence electrons. The summed E-state index contributed by atoms with van der Waals surface area (Å²) in [6, 6.07) is 22.3. The molecule has 0 saturated carbocycles. The Labute approximate surface area is 164 Å². The molecule has 0 radical (unpaired) electrons.